The van der Waals surface area contributed by atoms with Crippen molar-refractivity contribution in [3.63, 3.8) is 0 Å². The van der Waals surface area contributed by atoms with E-state index < -0.39 is 52.7 Å². The van der Waals surface area contributed by atoms with Gasteiger partial charge in [-0.25, -0.2) is 8.78 Å². The van der Waals surface area contributed by atoms with Gasteiger partial charge in [0.2, 0.25) is 17.7 Å². The Labute approximate surface area is 494 Å². The fourth-order valence-corrected chi connectivity index (χ4v) is 9.57. The van der Waals surface area contributed by atoms with Gasteiger partial charge < -0.3 is 68.8 Å². The van der Waals surface area contributed by atoms with Crippen LogP contribution < -0.4 is 16.4 Å². The van der Waals surface area contributed by atoms with Crippen LogP contribution in [0.25, 0.3) is 11.1 Å². The maximum absolute atomic E-state index is 15.3. The molecule has 1 aliphatic rings. The average molecular weight is 1200 g/mol. The van der Waals surface area contributed by atoms with E-state index in [1.54, 1.807) is 11.1 Å². The summed E-state index contributed by atoms with van der Waals surface area (Å²) in [7, 11) is 0. The van der Waals surface area contributed by atoms with Gasteiger partial charge in [-0.2, -0.15) is 11.8 Å². The first-order chi connectivity index (χ1) is 40.5. The van der Waals surface area contributed by atoms with E-state index >= 15 is 4.39 Å². The highest BCUT2D eigenvalue weighted by atomic mass is 32.2. The Morgan fingerprint density at radius 3 is 1.79 bits per heavy atom. The van der Waals surface area contributed by atoms with Crippen LogP contribution in [0, 0.1) is 23.0 Å². The largest absolute Gasteiger partial charge is 0.481 e. The number of carboxylic acid groups (broad SMARTS) is 1. The number of ketones is 1. The van der Waals surface area contributed by atoms with E-state index in [0.29, 0.717) is 63.7 Å². The number of hydrogen-bond acceptors (Lipinski definition) is 17. The van der Waals surface area contributed by atoms with Crippen LogP contribution in [-0.2, 0) is 78.0 Å². The van der Waals surface area contributed by atoms with Crippen molar-refractivity contribution in [1.82, 2.24) is 25.0 Å². The van der Waals surface area contributed by atoms with Crippen molar-refractivity contribution >= 4 is 53.1 Å². The van der Waals surface area contributed by atoms with Crippen molar-refractivity contribution in [2.45, 2.75) is 59.0 Å². The van der Waals surface area contributed by atoms with Crippen LogP contribution in [0.1, 0.15) is 63.8 Å². The first-order valence-corrected chi connectivity index (χ1v) is 29.3. The minimum Gasteiger partial charge on any atom is -0.481 e. The average Bonchev–Trinajstić information content (AvgIpc) is 2.54. The van der Waals surface area contributed by atoms with Crippen LogP contribution in [0.15, 0.2) is 72.9 Å². The van der Waals surface area contributed by atoms with Gasteiger partial charge in [-0.05, 0) is 48.2 Å². The fraction of sp³-hybridized carbons (Fsp3) is 0.576. The van der Waals surface area contributed by atoms with Crippen molar-refractivity contribution in [2.75, 3.05) is 150 Å². The molecule has 0 radical (unpaired) electrons. The molecule has 2 atom stereocenters. The third-order valence-corrected chi connectivity index (χ3v) is 13.7. The maximum atomic E-state index is 15.3. The van der Waals surface area contributed by atoms with Crippen LogP contribution in [0.2, 0.25) is 0 Å². The minimum atomic E-state index is -0.932. The molecule has 0 unspecified atom stereocenters. The Kier molecular flexibility index (Phi) is 33.9. The molecule has 0 saturated heterocycles. The number of thioether (sulfide) groups is 1. The number of nitrogens with one attached hydrogen (secondary N) is 2. The maximum Gasteiger partial charge on any atom is 0.305 e. The Balaban J connectivity index is 1.27. The Bertz CT molecular complexity index is 2500. The van der Waals surface area contributed by atoms with Gasteiger partial charge in [0.15, 0.2) is 0 Å². The lowest BCUT2D eigenvalue weighted by atomic mass is 9.83. The molecule has 2 heterocycles. The number of nitrogens with zero attached hydrogens (tertiary/aromatic N) is 3. The van der Waals surface area contributed by atoms with Gasteiger partial charge in [0.05, 0.1) is 130 Å². The number of amides is 5. The second-order valence-electron chi connectivity index (χ2n) is 20.4. The number of nitrogens with two attached hydrogens (primary N) is 1. The first kappa shape index (κ1) is 70.5. The van der Waals surface area contributed by atoms with Crippen LogP contribution in [0.5, 0.6) is 0 Å². The molecule has 0 spiro atoms. The second-order valence-corrected chi connectivity index (χ2v) is 21.4. The van der Waals surface area contributed by atoms with E-state index in [-0.39, 0.29) is 153 Å². The highest BCUT2D eigenvalue weighted by Crippen LogP contribution is 2.41. The Morgan fingerprint density at radius 2 is 1.24 bits per heavy atom. The number of ether oxygens (including phenoxy) is 8. The molecule has 22 nitrogen and oxygen atoms in total. The highest BCUT2D eigenvalue weighted by molar-refractivity contribution is 7.99. The molecule has 0 fully saturated rings. The lowest BCUT2D eigenvalue weighted by Gasteiger charge is -2.41. The Hall–Kier alpha value is -6.00. The molecule has 4 rings (SSSR count). The number of carbonyl (C=O) groups excluding carboxylic acids is 6. The molecule has 84 heavy (non-hydrogen) atoms. The zero-order chi connectivity index (χ0) is 61.0. The second kappa shape index (κ2) is 40.3. The van der Waals surface area contributed by atoms with E-state index in [1.165, 1.54) is 11.8 Å². The topological polar surface area (TPSA) is 275 Å². The molecule has 2 aromatic carbocycles. The highest BCUT2D eigenvalue weighted by Gasteiger charge is 2.37. The normalized spacial score (nSPS) is 13.1. The van der Waals surface area contributed by atoms with Crippen molar-refractivity contribution in [3.05, 3.63) is 95.8 Å². The molecule has 0 aliphatic carbocycles. The lowest BCUT2D eigenvalue weighted by molar-refractivity contribution is -0.141. The molecule has 1 aliphatic heterocycles. The predicted molar refractivity (Wildman–Crippen MR) is 309 cm³/mol. The van der Waals surface area contributed by atoms with E-state index in [1.807, 2.05) is 61.7 Å². The summed E-state index contributed by atoms with van der Waals surface area (Å²) in [5, 5.41) is 14.1. The lowest BCUT2D eigenvalue weighted by Crippen LogP contribution is -2.44. The quantitative estimate of drug-likeness (QED) is 0.0455. The molecule has 3 aromatic rings. The van der Waals surface area contributed by atoms with E-state index in [9.17, 15) is 38.0 Å². The van der Waals surface area contributed by atoms with Crippen molar-refractivity contribution in [2.24, 2.45) is 17.1 Å². The summed E-state index contributed by atoms with van der Waals surface area (Å²) in [6.45, 7) is 10.9. The molecular formula is C59H84F2N6O16S. The molecular weight excluding hydrogens is 1120 g/mol. The Morgan fingerprint density at radius 1 is 0.702 bits per heavy atom. The van der Waals surface area contributed by atoms with E-state index in [0.717, 1.165) is 40.8 Å². The minimum absolute atomic E-state index is 0.0356. The van der Waals surface area contributed by atoms with Gasteiger partial charge >= 0.3 is 5.97 Å². The number of Topliss-reactive ketones (excluding diaryl/α,β-unsaturated/α-hetero) is 1. The van der Waals surface area contributed by atoms with Gasteiger partial charge in [-0.15, -0.1) is 0 Å². The van der Waals surface area contributed by atoms with Crippen LogP contribution in [-0.4, -0.2) is 211 Å². The van der Waals surface area contributed by atoms with Gasteiger partial charge in [0.1, 0.15) is 24.0 Å². The third-order valence-electron chi connectivity index (χ3n) is 12.6. The fourth-order valence-electron chi connectivity index (χ4n) is 8.56. The molecule has 0 bridgehead atoms. The zero-order valence-electron chi connectivity index (χ0n) is 48.5. The number of imide groups is 1. The van der Waals surface area contributed by atoms with Crippen LogP contribution >= 0.6 is 11.8 Å². The van der Waals surface area contributed by atoms with E-state index in [2.05, 4.69) is 10.6 Å². The number of aliphatic carboxylic acids is 1. The number of carboxylic acids is 1. The zero-order valence-corrected chi connectivity index (χ0v) is 49.4. The number of aromatic nitrogens is 1. The van der Waals surface area contributed by atoms with Gasteiger partial charge in [0, 0.05) is 79.9 Å². The van der Waals surface area contributed by atoms with Crippen molar-refractivity contribution in [1.29, 1.82) is 0 Å². The standard InChI is InChI=1S/C59H84F2N6O16S/c1-59(2,3)57(51-37-45(49-38-47(60)10-11-50(49)61)40-65(51)39-44-8-5-4-6-9-44)66(19-7-16-62)55(72)43-84-42-46(58(75)64-18-23-79-27-31-83-35-33-81-29-25-77-21-15-56(73)74)36-48(68)14-20-76-24-28-80-32-34-82-30-26-78-22-17-63-52(69)41-67-53(70)12-13-54(67)71/h4-6,8-13,37-38,40,46,57H,7,14-36,39,41-43,62H2,1-3H3,(H,63,69)(H,64,75)(H,73,74)/t46-,57-/m0/s1. The number of halogens is 2. The number of hydrogen-bond donors (Lipinski definition) is 4. The first-order valence-electron chi connectivity index (χ1n) is 28.2. The number of rotatable bonds is 47. The smallest absolute Gasteiger partial charge is 0.305 e. The van der Waals surface area contributed by atoms with Gasteiger partial charge in [-0.3, -0.25) is 38.5 Å². The summed E-state index contributed by atoms with van der Waals surface area (Å²) in [5.74, 6) is -5.17. The molecule has 1 aromatic heterocycles. The summed E-state index contributed by atoms with van der Waals surface area (Å²) in [6.07, 6.45) is 4.34. The molecule has 0 saturated carbocycles. The number of benzene rings is 2. The van der Waals surface area contributed by atoms with Crippen molar-refractivity contribution in [3.8, 4) is 11.1 Å². The van der Waals surface area contributed by atoms with E-state index in [4.69, 9.17) is 48.7 Å². The molecule has 5 N–H and O–H groups in total. The van der Waals surface area contributed by atoms with Gasteiger partial charge in [0.25, 0.3) is 11.8 Å². The SMILES string of the molecule is CC(C)(C)[C@H](c1cc(-c2cc(F)ccc2F)cn1Cc1ccccc1)N(CCCN)C(=O)CSC[C@H](CC(=O)CCOCCOCCOCCOCCNC(=O)CN1C(=O)C=CC1=O)C(=O)NCCOCCOCCOCCOCCC(=O)O. The summed E-state index contributed by atoms with van der Waals surface area (Å²) in [5.41, 5.74) is 7.70. The molecule has 466 valence electrons. The third kappa shape index (κ3) is 27.8. The molecule has 5 amide bonds. The summed E-state index contributed by atoms with van der Waals surface area (Å²) in [4.78, 5) is 90.2. The monoisotopic (exact) mass is 1200 g/mol. The van der Waals surface area contributed by atoms with Gasteiger partial charge in [-0.1, -0.05) is 51.1 Å². The number of carbonyl (C=O) groups is 7. The van der Waals surface area contributed by atoms with Crippen LogP contribution in [0.4, 0.5) is 8.78 Å². The van der Waals surface area contributed by atoms with Crippen molar-refractivity contribution < 1.29 is 85.3 Å². The molecule has 25 heteroatoms. The summed E-state index contributed by atoms with van der Waals surface area (Å²) in [6, 6.07) is 14.3. The predicted octanol–water partition coefficient (Wildman–Crippen LogP) is 4.21. The van der Waals surface area contributed by atoms with Crippen LogP contribution in [0.3, 0.4) is 0 Å². The summed E-state index contributed by atoms with van der Waals surface area (Å²) >= 11 is 1.24. The summed E-state index contributed by atoms with van der Waals surface area (Å²) < 4.78 is 75.8.